The first-order valence-electron chi connectivity index (χ1n) is 13.2. The number of sulfonamides is 1. The minimum atomic E-state index is -3.70. The van der Waals surface area contributed by atoms with Crippen molar-refractivity contribution in [1.29, 1.82) is 0 Å². The number of fused-ring (bicyclic) bond motifs is 1. The van der Waals surface area contributed by atoms with Crippen molar-refractivity contribution < 1.29 is 18.0 Å². The maximum absolute atomic E-state index is 13.2. The summed E-state index contributed by atoms with van der Waals surface area (Å²) in [6.45, 7) is 4.64. The molecule has 1 aromatic heterocycles. The van der Waals surface area contributed by atoms with Crippen LogP contribution in [0.1, 0.15) is 65.7 Å². The second kappa shape index (κ2) is 9.36. The van der Waals surface area contributed by atoms with Gasteiger partial charge < -0.3 is 10.6 Å². The van der Waals surface area contributed by atoms with Gasteiger partial charge in [0.25, 0.3) is 5.91 Å². The predicted octanol–water partition coefficient (Wildman–Crippen LogP) is 4.91. The molecule has 7 nitrogen and oxygen atoms in total. The summed E-state index contributed by atoms with van der Waals surface area (Å²) in [4.78, 5) is 25.4. The van der Waals surface area contributed by atoms with Crippen LogP contribution in [-0.2, 0) is 27.9 Å². The third-order valence-corrected chi connectivity index (χ3v) is 11.7. The molecule has 4 saturated carbocycles. The van der Waals surface area contributed by atoms with Gasteiger partial charge in [-0.15, -0.1) is 11.3 Å². The van der Waals surface area contributed by atoms with Crippen molar-refractivity contribution in [2.24, 2.45) is 23.2 Å². The number of anilines is 1. The molecule has 7 rings (SSSR count). The van der Waals surface area contributed by atoms with Crippen molar-refractivity contribution in [3.63, 3.8) is 0 Å². The summed E-state index contributed by atoms with van der Waals surface area (Å²) in [5, 5.41) is 6.50. The SMILES string of the molecule is C=CC(=O)Nc1cc2c(s1)CN(S(=O)(=O)c1ccc(C(=O)NCCC34CC5CC(CC(C5)C3)C4)cc1)C2. The van der Waals surface area contributed by atoms with Crippen molar-refractivity contribution in [2.45, 2.75) is 62.9 Å². The van der Waals surface area contributed by atoms with Crippen molar-refractivity contribution >= 4 is 38.2 Å². The molecule has 2 aromatic rings. The van der Waals surface area contributed by atoms with Gasteiger partial charge in [0.2, 0.25) is 15.9 Å². The molecule has 1 aliphatic heterocycles. The van der Waals surface area contributed by atoms with Gasteiger partial charge in [0.15, 0.2) is 0 Å². The van der Waals surface area contributed by atoms with Gasteiger partial charge in [-0.05, 0) is 110 Å². The zero-order valence-electron chi connectivity index (χ0n) is 20.9. The average molecular weight is 540 g/mol. The number of thiophene rings is 1. The lowest BCUT2D eigenvalue weighted by molar-refractivity contribution is -0.111. The summed E-state index contributed by atoms with van der Waals surface area (Å²) in [5.41, 5.74) is 1.80. The van der Waals surface area contributed by atoms with Crippen LogP contribution in [0.3, 0.4) is 0 Å². The van der Waals surface area contributed by atoms with Crippen LogP contribution >= 0.6 is 11.3 Å². The molecule has 0 radical (unpaired) electrons. The summed E-state index contributed by atoms with van der Waals surface area (Å²) in [5.74, 6) is 2.27. The molecule has 2 amide bonds. The Morgan fingerprint density at radius 2 is 1.70 bits per heavy atom. The largest absolute Gasteiger partial charge is 0.352 e. The summed E-state index contributed by atoms with van der Waals surface area (Å²) in [7, 11) is -3.70. The van der Waals surface area contributed by atoms with E-state index in [-0.39, 0.29) is 29.8 Å². The molecule has 2 heterocycles. The van der Waals surface area contributed by atoms with Crippen LogP contribution < -0.4 is 10.6 Å². The third-order valence-electron chi connectivity index (χ3n) is 8.86. The van der Waals surface area contributed by atoms with E-state index in [2.05, 4.69) is 17.2 Å². The molecule has 37 heavy (non-hydrogen) atoms. The molecule has 5 aliphatic rings. The molecule has 9 heteroatoms. The first-order chi connectivity index (χ1) is 17.7. The van der Waals surface area contributed by atoms with Gasteiger partial charge in [-0.3, -0.25) is 9.59 Å². The van der Waals surface area contributed by atoms with E-state index in [1.54, 1.807) is 12.1 Å². The molecular weight excluding hydrogens is 506 g/mol. The Bertz CT molecular complexity index is 1290. The lowest BCUT2D eigenvalue weighted by Gasteiger charge is -2.57. The lowest BCUT2D eigenvalue weighted by atomic mass is 9.49. The molecule has 0 unspecified atom stereocenters. The van der Waals surface area contributed by atoms with Crippen LogP contribution in [0, 0.1) is 23.2 Å². The number of carbonyl (C=O) groups is 2. The number of rotatable bonds is 8. The summed E-state index contributed by atoms with van der Waals surface area (Å²) < 4.78 is 27.9. The number of nitrogens with one attached hydrogen (secondary N) is 2. The maximum atomic E-state index is 13.2. The Labute approximate surface area is 222 Å². The molecule has 4 bridgehead atoms. The van der Waals surface area contributed by atoms with Gasteiger partial charge in [0.05, 0.1) is 9.90 Å². The van der Waals surface area contributed by atoms with Crippen molar-refractivity contribution in [1.82, 2.24) is 9.62 Å². The van der Waals surface area contributed by atoms with Crippen molar-refractivity contribution in [3.8, 4) is 0 Å². The number of hydrogen-bond acceptors (Lipinski definition) is 5. The fourth-order valence-electron chi connectivity index (χ4n) is 7.61. The monoisotopic (exact) mass is 539 g/mol. The van der Waals surface area contributed by atoms with Crippen LogP contribution in [0.4, 0.5) is 5.00 Å². The van der Waals surface area contributed by atoms with E-state index in [0.29, 0.717) is 22.5 Å². The third kappa shape index (κ3) is 4.77. The first-order valence-corrected chi connectivity index (χ1v) is 15.4. The van der Waals surface area contributed by atoms with E-state index in [4.69, 9.17) is 0 Å². The van der Waals surface area contributed by atoms with Gasteiger partial charge in [-0.2, -0.15) is 4.31 Å². The Hall–Kier alpha value is -2.49. The predicted molar refractivity (Wildman–Crippen MR) is 144 cm³/mol. The maximum Gasteiger partial charge on any atom is 0.251 e. The van der Waals surface area contributed by atoms with E-state index in [9.17, 15) is 18.0 Å². The number of amides is 2. The Morgan fingerprint density at radius 1 is 1.05 bits per heavy atom. The highest BCUT2D eigenvalue weighted by atomic mass is 32.2. The number of hydrogen-bond donors (Lipinski definition) is 2. The normalized spacial score (nSPS) is 28.2. The number of carbonyl (C=O) groups excluding carboxylic acids is 2. The second-order valence-electron chi connectivity index (χ2n) is 11.5. The molecule has 0 atom stereocenters. The molecule has 1 aromatic carbocycles. The summed E-state index contributed by atoms with van der Waals surface area (Å²) >= 11 is 1.37. The zero-order valence-corrected chi connectivity index (χ0v) is 22.5. The van der Waals surface area contributed by atoms with Crippen LogP contribution in [0.5, 0.6) is 0 Å². The van der Waals surface area contributed by atoms with E-state index in [1.807, 2.05) is 6.07 Å². The second-order valence-corrected chi connectivity index (χ2v) is 14.5. The van der Waals surface area contributed by atoms with Gasteiger partial charge in [0.1, 0.15) is 0 Å². The minimum absolute atomic E-state index is 0.147. The number of benzene rings is 1. The van der Waals surface area contributed by atoms with Gasteiger partial charge in [-0.25, -0.2) is 8.42 Å². The van der Waals surface area contributed by atoms with Crippen LogP contribution in [-0.4, -0.2) is 31.1 Å². The van der Waals surface area contributed by atoms with E-state index >= 15 is 0 Å². The molecular formula is C28H33N3O4S2. The quantitative estimate of drug-likeness (QED) is 0.466. The standard InChI is InChI=1S/C28H33N3O4S2/c1-2-25(32)30-26-12-22-16-31(17-24(22)36-26)37(34,35)23-5-3-21(4-6-23)27(33)29-8-7-28-13-18-9-19(14-28)11-20(10-18)15-28/h2-6,12,18-20H,1,7-11,13-17H2,(H,29,33)(H,30,32). The zero-order chi connectivity index (χ0) is 25.8. The molecule has 0 spiro atoms. The van der Waals surface area contributed by atoms with E-state index in [0.717, 1.165) is 34.6 Å². The van der Waals surface area contributed by atoms with Crippen LogP contribution in [0.15, 0.2) is 47.9 Å². The van der Waals surface area contributed by atoms with Crippen LogP contribution in [0.2, 0.25) is 0 Å². The molecule has 0 saturated heterocycles. The Balaban J connectivity index is 1.04. The first kappa shape index (κ1) is 24.8. The topological polar surface area (TPSA) is 95.6 Å². The van der Waals surface area contributed by atoms with Crippen molar-refractivity contribution in [2.75, 3.05) is 11.9 Å². The molecule has 2 N–H and O–H groups in total. The highest BCUT2D eigenvalue weighted by Crippen LogP contribution is 2.61. The smallest absolute Gasteiger partial charge is 0.251 e. The van der Waals surface area contributed by atoms with E-state index in [1.165, 1.54) is 72.4 Å². The highest BCUT2D eigenvalue weighted by molar-refractivity contribution is 7.89. The van der Waals surface area contributed by atoms with Gasteiger partial charge in [-0.1, -0.05) is 6.58 Å². The summed E-state index contributed by atoms with van der Waals surface area (Å²) in [6.07, 6.45) is 10.5. The Morgan fingerprint density at radius 3 is 2.30 bits per heavy atom. The fourth-order valence-corrected chi connectivity index (χ4v) is 10.2. The van der Waals surface area contributed by atoms with Gasteiger partial charge in [0, 0.05) is 30.1 Å². The molecule has 4 aliphatic carbocycles. The van der Waals surface area contributed by atoms with Crippen LogP contribution in [0.25, 0.3) is 0 Å². The summed E-state index contributed by atoms with van der Waals surface area (Å²) in [6, 6.07) is 8.05. The van der Waals surface area contributed by atoms with E-state index < -0.39 is 10.0 Å². The highest BCUT2D eigenvalue weighted by Gasteiger charge is 2.50. The average Bonchev–Trinajstić information content (AvgIpc) is 3.42. The molecule has 196 valence electrons. The Kier molecular flexibility index (Phi) is 6.28. The van der Waals surface area contributed by atoms with Crippen molar-refractivity contribution in [3.05, 3.63) is 59.0 Å². The molecule has 4 fully saturated rings. The lowest BCUT2D eigenvalue weighted by Crippen LogP contribution is -2.47. The minimum Gasteiger partial charge on any atom is -0.352 e. The van der Waals surface area contributed by atoms with Gasteiger partial charge >= 0.3 is 0 Å². The number of nitrogens with zero attached hydrogens (tertiary/aromatic N) is 1. The fraction of sp³-hybridized carbons (Fsp3) is 0.500.